The van der Waals surface area contributed by atoms with Crippen molar-refractivity contribution in [2.45, 2.75) is 90.9 Å². The molecule has 0 spiro atoms. The fourth-order valence-electron chi connectivity index (χ4n) is 3.45. The number of ether oxygens (including phenoxy) is 1. The van der Waals surface area contributed by atoms with E-state index >= 15 is 0 Å². The van der Waals surface area contributed by atoms with Crippen LogP contribution in [0.25, 0.3) is 10.7 Å². The number of aromatic amines is 1. The molecule has 0 aliphatic carbocycles. The molecule has 0 atom stereocenters. The minimum atomic E-state index is -0.320. The fraction of sp³-hybridized carbons (Fsp3) is 0.652. The zero-order chi connectivity index (χ0) is 20.0. The summed E-state index contributed by atoms with van der Waals surface area (Å²) < 4.78 is 5.19. The van der Waals surface area contributed by atoms with Crippen LogP contribution in [0.15, 0.2) is 17.5 Å². The first-order valence-electron chi connectivity index (χ1n) is 11.1. The number of aromatic nitrogens is 2. The molecule has 5 heteroatoms. The van der Waals surface area contributed by atoms with Crippen LogP contribution in [-0.4, -0.2) is 22.5 Å². The lowest BCUT2D eigenvalue weighted by atomic mass is 10.0. The van der Waals surface area contributed by atoms with Crippen LogP contribution in [0.3, 0.4) is 0 Å². The number of rotatable bonds is 15. The van der Waals surface area contributed by atoms with E-state index in [2.05, 4.69) is 16.9 Å². The molecule has 0 amide bonds. The maximum absolute atomic E-state index is 12.2. The highest BCUT2D eigenvalue weighted by Crippen LogP contribution is 2.24. The van der Waals surface area contributed by atoms with Gasteiger partial charge in [0.1, 0.15) is 5.82 Å². The van der Waals surface area contributed by atoms with Crippen LogP contribution in [-0.2, 0) is 11.2 Å². The van der Waals surface area contributed by atoms with E-state index in [-0.39, 0.29) is 5.97 Å². The lowest BCUT2D eigenvalue weighted by molar-refractivity contribution is 0.0519. The van der Waals surface area contributed by atoms with E-state index < -0.39 is 0 Å². The van der Waals surface area contributed by atoms with Gasteiger partial charge < -0.3 is 9.72 Å². The van der Waals surface area contributed by atoms with Gasteiger partial charge in [-0.25, -0.2) is 9.78 Å². The Balaban J connectivity index is 1.71. The van der Waals surface area contributed by atoms with Gasteiger partial charge in [0.25, 0.3) is 0 Å². The molecule has 1 N–H and O–H groups in total. The largest absolute Gasteiger partial charge is 0.461 e. The van der Waals surface area contributed by atoms with Crippen LogP contribution in [0.4, 0.5) is 0 Å². The number of aryl methyl sites for hydroxylation is 1. The van der Waals surface area contributed by atoms with Crippen molar-refractivity contribution >= 4 is 17.3 Å². The van der Waals surface area contributed by atoms with Crippen molar-refractivity contribution in [1.82, 2.24) is 9.97 Å². The molecular formula is C23H36N2O2S. The maximum atomic E-state index is 12.2. The number of hydrogen-bond acceptors (Lipinski definition) is 4. The SMILES string of the molecule is CCCCCCCCCCCCCc1[nH]c(-c2cccs2)nc1C(=O)OCC. The first kappa shape index (κ1) is 22.7. The van der Waals surface area contributed by atoms with Gasteiger partial charge in [-0.2, -0.15) is 0 Å². The molecule has 0 aliphatic rings. The Bertz CT molecular complexity index is 664. The Morgan fingerprint density at radius 1 is 1.00 bits per heavy atom. The molecule has 2 heterocycles. The summed E-state index contributed by atoms with van der Waals surface area (Å²) in [6.45, 7) is 4.47. The quantitative estimate of drug-likeness (QED) is 0.253. The number of unbranched alkanes of at least 4 members (excludes halogenated alkanes) is 10. The van der Waals surface area contributed by atoms with Crippen molar-refractivity contribution in [2.24, 2.45) is 0 Å². The number of nitrogens with zero attached hydrogens (tertiary/aromatic N) is 1. The van der Waals surface area contributed by atoms with Gasteiger partial charge in [0.15, 0.2) is 5.69 Å². The number of nitrogens with one attached hydrogen (secondary N) is 1. The van der Waals surface area contributed by atoms with E-state index in [1.807, 2.05) is 24.4 Å². The van der Waals surface area contributed by atoms with Crippen molar-refractivity contribution in [3.05, 3.63) is 28.9 Å². The van der Waals surface area contributed by atoms with Crippen LogP contribution in [0.1, 0.15) is 101 Å². The summed E-state index contributed by atoms with van der Waals surface area (Å²) in [5, 5.41) is 2.02. The molecule has 0 bridgehead atoms. The Morgan fingerprint density at radius 3 is 2.21 bits per heavy atom. The molecule has 0 saturated heterocycles. The van der Waals surface area contributed by atoms with Gasteiger partial charge in [-0.1, -0.05) is 77.2 Å². The second-order valence-corrected chi connectivity index (χ2v) is 8.34. The lowest BCUT2D eigenvalue weighted by Crippen LogP contribution is -2.08. The topological polar surface area (TPSA) is 55.0 Å². The van der Waals surface area contributed by atoms with Crippen LogP contribution in [0.2, 0.25) is 0 Å². The summed E-state index contributed by atoms with van der Waals surface area (Å²) in [7, 11) is 0. The molecule has 2 rings (SSSR count). The van der Waals surface area contributed by atoms with Gasteiger partial charge in [0.05, 0.1) is 11.5 Å². The van der Waals surface area contributed by atoms with Crippen molar-refractivity contribution in [3.63, 3.8) is 0 Å². The molecule has 2 aromatic rings. The van der Waals surface area contributed by atoms with Gasteiger partial charge in [-0.15, -0.1) is 11.3 Å². The molecule has 2 aromatic heterocycles. The van der Waals surface area contributed by atoms with Gasteiger partial charge >= 0.3 is 5.97 Å². The molecule has 0 aliphatic heterocycles. The third-order valence-corrected chi connectivity index (χ3v) is 5.91. The van der Waals surface area contributed by atoms with E-state index in [4.69, 9.17) is 4.74 Å². The molecule has 156 valence electrons. The summed E-state index contributed by atoms with van der Waals surface area (Å²) in [5.41, 5.74) is 1.37. The molecule has 0 saturated carbocycles. The smallest absolute Gasteiger partial charge is 0.358 e. The predicted molar refractivity (Wildman–Crippen MR) is 118 cm³/mol. The monoisotopic (exact) mass is 404 g/mol. The molecule has 0 fully saturated rings. The summed E-state index contributed by atoms with van der Waals surface area (Å²) in [6, 6.07) is 4.01. The fourth-order valence-corrected chi connectivity index (χ4v) is 4.12. The Kier molecular flexibility index (Phi) is 11.0. The Hall–Kier alpha value is -1.62. The van der Waals surface area contributed by atoms with E-state index in [0.29, 0.717) is 12.3 Å². The minimum absolute atomic E-state index is 0.320. The highest BCUT2D eigenvalue weighted by atomic mass is 32.1. The second kappa shape index (κ2) is 13.5. The van der Waals surface area contributed by atoms with Crippen molar-refractivity contribution in [2.75, 3.05) is 6.61 Å². The van der Waals surface area contributed by atoms with E-state index in [9.17, 15) is 4.79 Å². The Labute approximate surface area is 174 Å². The van der Waals surface area contributed by atoms with Crippen LogP contribution in [0, 0.1) is 0 Å². The molecule has 0 aromatic carbocycles. The zero-order valence-corrected chi connectivity index (χ0v) is 18.4. The number of carbonyl (C=O) groups is 1. The van der Waals surface area contributed by atoms with Crippen LogP contribution in [0.5, 0.6) is 0 Å². The van der Waals surface area contributed by atoms with Gasteiger partial charge in [-0.3, -0.25) is 0 Å². The highest BCUT2D eigenvalue weighted by molar-refractivity contribution is 7.13. The van der Waals surface area contributed by atoms with E-state index in [0.717, 1.165) is 29.2 Å². The minimum Gasteiger partial charge on any atom is -0.461 e. The normalized spacial score (nSPS) is 11.1. The molecular weight excluding hydrogens is 368 g/mol. The third-order valence-electron chi connectivity index (χ3n) is 5.03. The average molecular weight is 405 g/mol. The van der Waals surface area contributed by atoms with Crippen LogP contribution < -0.4 is 0 Å². The number of imidazole rings is 1. The molecule has 0 radical (unpaired) electrons. The molecule has 0 unspecified atom stereocenters. The van der Waals surface area contributed by atoms with Crippen molar-refractivity contribution in [3.8, 4) is 10.7 Å². The summed E-state index contributed by atoms with van der Waals surface area (Å²) >= 11 is 1.62. The van der Waals surface area contributed by atoms with Gasteiger partial charge in [-0.05, 0) is 31.2 Å². The first-order valence-corrected chi connectivity index (χ1v) is 11.9. The van der Waals surface area contributed by atoms with Crippen molar-refractivity contribution < 1.29 is 9.53 Å². The third kappa shape index (κ3) is 7.78. The number of H-pyrrole nitrogens is 1. The van der Waals surface area contributed by atoms with Gasteiger partial charge in [0, 0.05) is 5.69 Å². The highest BCUT2D eigenvalue weighted by Gasteiger charge is 2.19. The number of hydrogen-bond donors (Lipinski definition) is 1. The summed E-state index contributed by atoms with van der Waals surface area (Å²) in [6.07, 6.45) is 15.4. The molecule has 4 nitrogen and oxygen atoms in total. The van der Waals surface area contributed by atoms with Crippen molar-refractivity contribution in [1.29, 1.82) is 0 Å². The molecule has 28 heavy (non-hydrogen) atoms. The van der Waals surface area contributed by atoms with Gasteiger partial charge in [0.2, 0.25) is 0 Å². The average Bonchev–Trinajstić information content (AvgIpc) is 3.36. The number of thiophene rings is 1. The summed E-state index contributed by atoms with van der Waals surface area (Å²) in [5.74, 6) is 0.454. The summed E-state index contributed by atoms with van der Waals surface area (Å²) in [4.78, 5) is 21.2. The lowest BCUT2D eigenvalue weighted by Gasteiger charge is -2.04. The standard InChI is InChI=1S/C23H36N2O2S/c1-3-5-6-7-8-9-10-11-12-13-14-16-19-21(23(26)27-4-2)25-22(24-19)20-17-15-18-28-20/h15,17-18H,3-14,16H2,1-2H3,(H,24,25). The second-order valence-electron chi connectivity index (χ2n) is 7.40. The van der Waals surface area contributed by atoms with E-state index in [1.54, 1.807) is 11.3 Å². The maximum Gasteiger partial charge on any atom is 0.358 e. The predicted octanol–water partition coefficient (Wildman–Crippen LogP) is 7.17. The number of esters is 1. The first-order chi connectivity index (χ1) is 13.8. The number of carbonyl (C=O) groups excluding carboxylic acids is 1. The van der Waals surface area contributed by atoms with Crippen LogP contribution >= 0.6 is 11.3 Å². The Morgan fingerprint density at radius 2 is 1.64 bits per heavy atom. The zero-order valence-electron chi connectivity index (χ0n) is 17.6. The van der Waals surface area contributed by atoms with E-state index in [1.165, 1.54) is 64.2 Å².